The van der Waals surface area contributed by atoms with Crippen molar-refractivity contribution < 1.29 is 9.90 Å². The molecular formula is C18H25N3O2. The molecule has 1 aromatic carbocycles. The van der Waals surface area contributed by atoms with Crippen LogP contribution in [-0.2, 0) is 5.41 Å². The average molecular weight is 315 g/mol. The third-order valence-corrected chi connectivity index (χ3v) is 3.61. The Morgan fingerprint density at radius 2 is 1.96 bits per heavy atom. The number of carbonyl (C=O) groups is 1. The zero-order valence-corrected chi connectivity index (χ0v) is 14.2. The summed E-state index contributed by atoms with van der Waals surface area (Å²) in [6, 6.07) is 9.73. The fourth-order valence-corrected chi connectivity index (χ4v) is 2.23. The minimum atomic E-state index is -0.241. The summed E-state index contributed by atoms with van der Waals surface area (Å²) in [6.07, 6.45) is 1.77. The van der Waals surface area contributed by atoms with Gasteiger partial charge < -0.3 is 10.4 Å². The van der Waals surface area contributed by atoms with Gasteiger partial charge in [0.2, 0.25) is 0 Å². The topological polar surface area (TPSA) is 67.2 Å². The summed E-state index contributed by atoms with van der Waals surface area (Å²) in [6.45, 7) is 8.50. The molecular weight excluding hydrogens is 290 g/mol. The van der Waals surface area contributed by atoms with Crippen LogP contribution in [0.15, 0.2) is 36.5 Å². The van der Waals surface area contributed by atoms with Crippen molar-refractivity contribution in [1.29, 1.82) is 0 Å². The van der Waals surface area contributed by atoms with Crippen molar-refractivity contribution in [3.63, 3.8) is 0 Å². The Labute approximate surface area is 137 Å². The Balaban J connectivity index is 2.34. The van der Waals surface area contributed by atoms with Gasteiger partial charge in [-0.25, -0.2) is 4.68 Å². The summed E-state index contributed by atoms with van der Waals surface area (Å²) in [7, 11) is 0. The molecule has 0 aliphatic carbocycles. The predicted octanol–water partition coefficient (Wildman–Crippen LogP) is 2.53. The smallest absolute Gasteiger partial charge is 0.254 e. The first kappa shape index (κ1) is 17.2. The fraction of sp³-hybridized carbons (Fsp3) is 0.444. The summed E-state index contributed by atoms with van der Waals surface area (Å²) < 4.78 is 1.74. The van der Waals surface area contributed by atoms with Crippen LogP contribution in [0.1, 0.15) is 43.7 Å². The normalized spacial score (nSPS) is 12.9. The van der Waals surface area contributed by atoms with E-state index >= 15 is 0 Å². The van der Waals surface area contributed by atoms with E-state index in [1.807, 2.05) is 58.0 Å². The van der Waals surface area contributed by atoms with Crippen molar-refractivity contribution in [3.05, 3.63) is 47.8 Å². The SMILES string of the molecule is CC(CO)CNC(=O)c1cn(-c2ccccc2)nc1C(C)(C)C. The highest BCUT2D eigenvalue weighted by atomic mass is 16.3. The van der Waals surface area contributed by atoms with E-state index in [-0.39, 0.29) is 23.8 Å². The van der Waals surface area contributed by atoms with E-state index in [9.17, 15) is 4.79 Å². The van der Waals surface area contributed by atoms with E-state index in [0.29, 0.717) is 12.1 Å². The standard InChI is InChI=1S/C18H25N3O2/c1-13(12-22)10-19-17(23)15-11-21(14-8-6-5-7-9-14)20-16(15)18(2,3)4/h5-9,11,13,22H,10,12H2,1-4H3,(H,19,23). The number of nitrogens with one attached hydrogen (secondary N) is 1. The second kappa shape index (κ2) is 6.96. The molecule has 2 aromatic rings. The fourth-order valence-electron chi connectivity index (χ4n) is 2.23. The molecule has 0 fully saturated rings. The van der Waals surface area contributed by atoms with E-state index in [1.54, 1.807) is 10.9 Å². The first-order chi connectivity index (χ1) is 10.8. The van der Waals surface area contributed by atoms with Crippen LogP contribution in [-0.4, -0.2) is 33.9 Å². The van der Waals surface area contributed by atoms with Gasteiger partial charge in [0.25, 0.3) is 5.91 Å². The molecule has 0 aliphatic rings. The number of aromatic nitrogens is 2. The van der Waals surface area contributed by atoms with Crippen molar-refractivity contribution in [3.8, 4) is 5.69 Å². The van der Waals surface area contributed by atoms with Crippen LogP contribution in [0.25, 0.3) is 5.69 Å². The molecule has 1 atom stereocenters. The number of hydrogen-bond donors (Lipinski definition) is 2. The quantitative estimate of drug-likeness (QED) is 0.891. The lowest BCUT2D eigenvalue weighted by molar-refractivity contribution is 0.0940. The van der Waals surface area contributed by atoms with Crippen molar-refractivity contribution in [1.82, 2.24) is 15.1 Å². The maximum atomic E-state index is 12.5. The lowest BCUT2D eigenvalue weighted by atomic mass is 9.89. The van der Waals surface area contributed by atoms with Crippen LogP contribution >= 0.6 is 0 Å². The second-order valence-electron chi connectivity index (χ2n) is 6.92. The molecule has 5 nitrogen and oxygen atoms in total. The van der Waals surface area contributed by atoms with E-state index in [2.05, 4.69) is 10.4 Å². The number of aliphatic hydroxyl groups is 1. The van der Waals surface area contributed by atoms with Crippen LogP contribution in [0.3, 0.4) is 0 Å². The molecule has 1 aromatic heterocycles. The number of rotatable bonds is 5. The zero-order valence-electron chi connectivity index (χ0n) is 14.2. The molecule has 2 rings (SSSR count). The van der Waals surface area contributed by atoms with Gasteiger partial charge in [0.1, 0.15) is 0 Å². The Hall–Kier alpha value is -2.14. The van der Waals surface area contributed by atoms with Crippen LogP contribution in [0.5, 0.6) is 0 Å². The maximum absolute atomic E-state index is 12.5. The lowest BCUT2D eigenvalue weighted by Gasteiger charge is -2.17. The van der Waals surface area contributed by atoms with Crippen LogP contribution in [0.2, 0.25) is 0 Å². The molecule has 0 bridgehead atoms. The molecule has 1 amide bonds. The van der Waals surface area contributed by atoms with Crippen molar-refractivity contribution in [2.24, 2.45) is 5.92 Å². The van der Waals surface area contributed by atoms with Gasteiger partial charge in [-0.3, -0.25) is 4.79 Å². The van der Waals surface area contributed by atoms with Crippen molar-refractivity contribution in [2.75, 3.05) is 13.2 Å². The summed E-state index contributed by atoms with van der Waals surface area (Å²) in [5.41, 5.74) is 2.01. The molecule has 0 radical (unpaired) electrons. The summed E-state index contributed by atoms with van der Waals surface area (Å²) >= 11 is 0. The molecule has 0 aliphatic heterocycles. The van der Waals surface area contributed by atoms with Crippen LogP contribution < -0.4 is 5.32 Å². The Kier molecular flexibility index (Phi) is 5.21. The van der Waals surface area contributed by atoms with E-state index in [0.717, 1.165) is 11.4 Å². The number of hydrogen-bond acceptors (Lipinski definition) is 3. The molecule has 1 heterocycles. The van der Waals surface area contributed by atoms with E-state index in [1.165, 1.54) is 0 Å². The third kappa shape index (κ3) is 4.20. The summed E-state index contributed by atoms with van der Waals surface area (Å²) in [5, 5.41) is 16.6. The summed E-state index contributed by atoms with van der Waals surface area (Å²) in [5.74, 6) is -0.126. The maximum Gasteiger partial charge on any atom is 0.254 e. The molecule has 0 saturated carbocycles. The highest BCUT2D eigenvalue weighted by molar-refractivity contribution is 5.95. The first-order valence-electron chi connectivity index (χ1n) is 7.87. The molecule has 0 spiro atoms. The number of aliphatic hydroxyl groups excluding tert-OH is 1. The Morgan fingerprint density at radius 1 is 1.30 bits per heavy atom. The largest absolute Gasteiger partial charge is 0.396 e. The summed E-state index contributed by atoms with van der Waals surface area (Å²) in [4.78, 5) is 12.5. The van der Waals surface area contributed by atoms with Crippen LogP contribution in [0.4, 0.5) is 0 Å². The first-order valence-corrected chi connectivity index (χ1v) is 7.87. The minimum absolute atomic E-state index is 0.0289. The van der Waals surface area contributed by atoms with E-state index < -0.39 is 0 Å². The monoisotopic (exact) mass is 315 g/mol. The molecule has 23 heavy (non-hydrogen) atoms. The highest BCUT2D eigenvalue weighted by Crippen LogP contribution is 2.25. The van der Waals surface area contributed by atoms with Gasteiger partial charge in [0, 0.05) is 24.8 Å². The molecule has 5 heteroatoms. The lowest BCUT2D eigenvalue weighted by Crippen LogP contribution is -2.31. The van der Waals surface area contributed by atoms with Gasteiger partial charge >= 0.3 is 0 Å². The van der Waals surface area contributed by atoms with E-state index in [4.69, 9.17) is 5.11 Å². The van der Waals surface area contributed by atoms with Gasteiger partial charge in [-0.2, -0.15) is 5.10 Å². The predicted molar refractivity (Wildman–Crippen MR) is 90.8 cm³/mol. The number of benzene rings is 1. The van der Waals surface area contributed by atoms with Gasteiger partial charge in [0.15, 0.2) is 0 Å². The zero-order chi connectivity index (χ0) is 17.0. The molecule has 124 valence electrons. The van der Waals surface area contributed by atoms with Crippen LogP contribution in [0, 0.1) is 5.92 Å². The Morgan fingerprint density at radius 3 is 2.52 bits per heavy atom. The molecule has 0 saturated heterocycles. The third-order valence-electron chi connectivity index (χ3n) is 3.61. The Bertz CT molecular complexity index is 657. The second-order valence-corrected chi connectivity index (χ2v) is 6.92. The average Bonchev–Trinajstić information content (AvgIpc) is 2.98. The molecule has 2 N–H and O–H groups in total. The van der Waals surface area contributed by atoms with Crippen molar-refractivity contribution >= 4 is 5.91 Å². The number of carbonyl (C=O) groups excluding carboxylic acids is 1. The minimum Gasteiger partial charge on any atom is -0.396 e. The van der Waals surface area contributed by atoms with Gasteiger partial charge in [-0.05, 0) is 18.1 Å². The number of amides is 1. The highest BCUT2D eigenvalue weighted by Gasteiger charge is 2.26. The van der Waals surface area contributed by atoms with Gasteiger partial charge in [0.05, 0.1) is 16.9 Å². The van der Waals surface area contributed by atoms with Gasteiger partial charge in [-0.1, -0.05) is 45.9 Å². The van der Waals surface area contributed by atoms with Crippen molar-refractivity contribution in [2.45, 2.75) is 33.1 Å². The number of nitrogens with zero attached hydrogens (tertiary/aromatic N) is 2. The van der Waals surface area contributed by atoms with Gasteiger partial charge in [-0.15, -0.1) is 0 Å². The number of para-hydroxylation sites is 1. The molecule has 1 unspecified atom stereocenters.